The number of amides is 1. The van der Waals surface area contributed by atoms with E-state index in [4.69, 9.17) is 4.74 Å². The third-order valence-electron chi connectivity index (χ3n) is 8.67. The maximum absolute atomic E-state index is 13.8. The molecule has 1 aromatic rings. The Morgan fingerprint density at radius 2 is 1.92 bits per heavy atom. The molecule has 2 saturated heterocycles. The first-order valence-electron chi connectivity index (χ1n) is 14.3. The van der Waals surface area contributed by atoms with Crippen LogP contribution in [0.5, 0.6) is 0 Å². The van der Waals surface area contributed by atoms with Gasteiger partial charge in [0, 0.05) is 17.7 Å². The molecule has 2 aliphatic heterocycles. The van der Waals surface area contributed by atoms with Crippen LogP contribution < -0.4 is 5.32 Å². The number of aryl methyl sites for hydroxylation is 1. The molecule has 2 fully saturated rings. The number of aliphatic hydroxyl groups is 2. The smallest absolute Gasteiger partial charge is 0.223 e. The molecule has 7 unspecified atom stereocenters. The van der Waals surface area contributed by atoms with Crippen LogP contribution >= 0.6 is 11.3 Å². The monoisotopic (exact) mass is 560 g/mol. The average Bonchev–Trinajstić information content (AvgIpc) is 3.29. The number of rotatable bonds is 4. The number of hydrogen-bond acceptors (Lipinski definition) is 7. The Balaban J connectivity index is 1.90. The third kappa shape index (κ3) is 8.09. The van der Waals surface area contributed by atoms with Gasteiger partial charge in [0.25, 0.3) is 0 Å². The number of aliphatic hydroxyl groups excluding tert-OH is 2. The largest absolute Gasteiger partial charge is 0.392 e. The van der Waals surface area contributed by atoms with Crippen molar-refractivity contribution in [3.05, 3.63) is 33.3 Å². The molecule has 218 valence electrons. The fraction of sp³-hybridized carbons (Fsp3) is 0.710. The van der Waals surface area contributed by atoms with Crippen LogP contribution in [0.25, 0.3) is 6.08 Å². The van der Waals surface area contributed by atoms with Gasteiger partial charge < -0.3 is 20.3 Å². The Labute approximate surface area is 238 Å². The van der Waals surface area contributed by atoms with Crippen LogP contribution in [0.3, 0.4) is 0 Å². The Bertz CT molecular complexity index is 1090. The maximum atomic E-state index is 13.8. The number of aromatic nitrogens is 1. The summed E-state index contributed by atoms with van der Waals surface area (Å²) in [7, 11) is 0. The zero-order chi connectivity index (χ0) is 29.1. The highest BCUT2D eigenvalue weighted by Gasteiger charge is 2.52. The van der Waals surface area contributed by atoms with E-state index in [0.717, 1.165) is 41.1 Å². The van der Waals surface area contributed by atoms with Crippen LogP contribution in [-0.2, 0) is 14.3 Å². The summed E-state index contributed by atoms with van der Waals surface area (Å²) in [6.45, 7) is 15.3. The zero-order valence-electron chi connectivity index (χ0n) is 24.9. The highest BCUT2D eigenvalue weighted by molar-refractivity contribution is 7.09. The van der Waals surface area contributed by atoms with Crippen molar-refractivity contribution in [2.45, 2.75) is 124 Å². The van der Waals surface area contributed by atoms with Crippen LogP contribution in [0.1, 0.15) is 97.7 Å². The van der Waals surface area contributed by atoms with Crippen molar-refractivity contribution >= 4 is 29.1 Å². The molecule has 7 atom stereocenters. The second-order valence-electron chi connectivity index (χ2n) is 12.7. The van der Waals surface area contributed by atoms with E-state index >= 15 is 0 Å². The van der Waals surface area contributed by atoms with Crippen LogP contribution in [-0.4, -0.2) is 56.8 Å². The van der Waals surface area contributed by atoms with E-state index in [-0.39, 0.29) is 41.8 Å². The first kappa shape index (κ1) is 31.7. The predicted octanol–water partition coefficient (Wildman–Crippen LogP) is 5.39. The number of epoxide rings is 1. The number of hydrogen-bond donors (Lipinski definition) is 3. The minimum Gasteiger partial charge on any atom is -0.392 e. The van der Waals surface area contributed by atoms with Crippen LogP contribution in [0.4, 0.5) is 0 Å². The topological polar surface area (TPSA) is 112 Å². The summed E-state index contributed by atoms with van der Waals surface area (Å²) in [6.07, 6.45) is 5.25. The lowest BCUT2D eigenvalue weighted by molar-refractivity contribution is -0.143. The molecule has 0 bridgehead atoms. The van der Waals surface area contributed by atoms with Crippen molar-refractivity contribution in [2.75, 3.05) is 0 Å². The number of ketones is 1. The fourth-order valence-electron chi connectivity index (χ4n) is 5.59. The normalized spacial score (nSPS) is 34.7. The van der Waals surface area contributed by atoms with Gasteiger partial charge in [0.15, 0.2) is 0 Å². The number of nitrogens with one attached hydrogen (secondary N) is 1. The number of ether oxygens (including phenoxy) is 1. The van der Waals surface area contributed by atoms with Gasteiger partial charge in [-0.1, -0.05) is 38.8 Å². The highest BCUT2D eigenvalue weighted by atomic mass is 32.1. The third-order valence-corrected chi connectivity index (χ3v) is 9.47. The second-order valence-corrected chi connectivity index (χ2v) is 13.8. The summed E-state index contributed by atoms with van der Waals surface area (Å²) in [5.74, 6) is -1.28. The molecule has 8 heteroatoms. The molecule has 0 aliphatic carbocycles. The molecule has 1 aromatic heterocycles. The first-order chi connectivity index (χ1) is 18.1. The van der Waals surface area contributed by atoms with Gasteiger partial charge in [-0.05, 0) is 71.4 Å². The van der Waals surface area contributed by atoms with Gasteiger partial charge >= 0.3 is 0 Å². The van der Waals surface area contributed by atoms with Gasteiger partial charge in [-0.2, -0.15) is 0 Å². The number of carbonyl (C=O) groups excluding carboxylic acids is 2. The van der Waals surface area contributed by atoms with E-state index in [1.165, 1.54) is 0 Å². The van der Waals surface area contributed by atoms with E-state index in [1.54, 1.807) is 25.2 Å². The summed E-state index contributed by atoms with van der Waals surface area (Å²) in [4.78, 5) is 31.6. The number of fused-ring (bicyclic) bond motifs is 1. The molecular formula is C31H48N2O5S. The van der Waals surface area contributed by atoms with Gasteiger partial charge in [0.1, 0.15) is 5.78 Å². The highest BCUT2D eigenvalue weighted by Crippen LogP contribution is 2.44. The van der Waals surface area contributed by atoms with Gasteiger partial charge in [-0.15, -0.1) is 11.3 Å². The molecule has 3 rings (SSSR count). The molecule has 2 aliphatic rings. The number of thiazole rings is 1. The van der Waals surface area contributed by atoms with Crippen LogP contribution in [0, 0.1) is 24.2 Å². The summed E-state index contributed by atoms with van der Waals surface area (Å²) in [6, 6.07) is -0.281. The second kappa shape index (κ2) is 12.8. The minimum absolute atomic E-state index is 0.00446. The molecular weight excluding hydrogens is 512 g/mol. The summed E-state index contributed by atoms with van der Waals surface area (Å²) in [5.41, 5.74) is 1.42. The molecule has 1 amide bonds. The van der Waals surface area contributed by atoms with Crippen molar-refractivity contribution < 1.29 is 24.5 Å². The molecule has 0 saturated carbocycles. The van der Waals surface area contributed by atoms with Crippen molar-refractivity contribution in [1.82, 2.24) is 10.3 Å². The van der Waals surface area contributed by atoms with Crippen LogP contribution in [0.15, 0.2) is 22.6 Å². The number of carbonyl (C=O) groups is 2. The van der Waals surface area contributed by atoms with Crippen molar-refractivity contribution in [1.29, 1.82) is 0 Å². The van der Waals surface area contributed by atoms with Crippen molar-refractivity contribution in [3.63, 3.8) is 0 Å². The quantitative estimate of drug-likeness (QED) is 0.336. The Morgan fingerprint density at radius 1 is 1.23 bits per heavy atom. The lowest BCUT2D eigenvalue weighted by Crippen LogP contribution is -2.48. The lowest BCUT2D eigenvalue weighted by Gasteiger charge is -2.36. The molecule has 0 aromatic carbocycles. The Morgan fingerprint density at radius 3 is 2.54 bits per heavy atom. The summed E-state index contributed by atoms with van der Waals surface area (Å²) >= 11 is 1.58. The van der Waals surface area contributed by atoms with E-state index in [9.17, 15) is 19.8 Å². The van der Waals surface area contributed by atoms with E-state index in [0.29, 0.717) is 12.8 Å². The van der Waals surface area contributed by atoms with Crippen molar-refractivity contribution in [2.24, 2.45) is 17.3 Å². The Kier molecular flexibility index (Phi) is 10.4. The molecule has 3 heterocycles. The lowest BCUT2D eigenvalue weighted by atomic mass is 9.71. The van der Waals surface area contributed by atoms with Gasteiger partial charge in [-0.25, -0.2) is 4.98 Å². The molecule has 3 N–H and O–H groups in total. The van der Waals surface area contributed by atoms with Gasteiger partial charge in [0.2, 0.25) is 5.91 Å². The summed E-state index contributed by atoms with van der Waals surface area (Å²) < 4.78 is 6.15. The molecule has 0 spiro atoms. The van der Waals surface area contributed by atoms with Gasteiger partial charge in [0.05, 0.1) is 52.5 Å². The van der Waals surface area contributed by atoms with Gasteiger partial charge in [-0.3, -0.25) is 9.59 Å². The molecule has 7 nitrogen and oxygen atoms in total. The van der Waals surface area contributed by atoms with E-state index in [2.05, 4.69) is 17.2 Å². The van der Waals surface area contributed by atoms with E-state index in [1.807, 2.05) is 52.2 Å². The van der Waals surface area contributed by atoms with Crippen LogP contribution in [0.2, 0.25) is 0 Å². The SMILES string of the molecule is CC(C)=CCC1C(=O)C(C)(C)C(O)CC(=O)NC(C(C)=Cc2csc(C)n2)CC2OC2(C)CCCC(C)C1O. The first-order valence-corrected chi connectivity index (χ1v) is 15.1. The number of allylic oxidation sites excluding steroid dienone is 2. The minimum atomic E-state index is -1.20. The predicted molar refractivity (Wildman–Crippen MR) is 156 cm³/mol. The zero-order valence-corrected chi connectivity index (χ0v) is 25.7. The average molecular weight is 561 g/mol. The molecule has 0 radical (unpaired) electrons. The fourth-order valence-corrected chi connectivity index (χ4v) is 6.16. The molecule has 39 heavy (non-hydrogen) atoms. The van der Waals surface area contributed by atoms with Crippen molar-refractivity contribution in [3.8, 4) is 0 Å². The number of Topliss-reactive ketones (excluding diaryl/α,β-unsaturated/α-hetero) is 1. The maximum Gasteiger partial charge on any atom is 0.223 e. The Hall–Kier alpha value is -1.87. The number of nitrogens with zero attached hydrogens (tertiary/aromatic N) is 1. The van der Waals surface area contributed by atoms with E-state index < -0.39 is 23.5 Å². The standard InChI is InChI=1S/C31H48N2O5S/c1-18(2)11-12-23-28(36)19(3)10-9-13-31(8)26(38-31)15-24(20(4)14-22-17-39-21(5)32-22)33-27(35)16-25(34)30(6,7)29(23)37/h11,14,17,19,23-26,28,34,36H,9-10,12-13,15-16H2,1-8H3,(H,33,35). The summed E-state index contributed by atoms with van der Waals surface area (Å²) in [5, 5.41) is 28.6.